The number of aromatic hydroxyl groups is 1. The van der Waals surface area contributed by atoms with E-state index in [2.05, 4.69) is 0 Å². The monoisotopic (exact) mass is 509 g/mol. The van der Waals surface area contributed by atoms with Crippen LogP contribution in [0.4, 0.5) is 4.39 Å². The fourth-order valence-corrected chi connectivity index (χ4v) is 5.89. The Kier molecular flexibility index (Phi) is 5.65. The fourth-order valence-electron chi connectivity index (χ4n) is 4.26. The average Bonchev–Trinajstić information content (AvgIpc) is 3.36. The van der Waals surface area contributed by atoms with Gasteiger partial charge < -0.3 is 9.67 Å². The van der Waals surface area contributed by atoms with Gasteiger partial charge in [0.1, 0.15) is 11.6 Å². The first kappa shape index (κ1) is 23.1. The van der Waals surface area contributed by atoms with Crippen molar-refractivity contribution in [2.75, 3.05) is 5.75 Å². The van der Waals surface area contributed by atoms with Gasteiger partial charge in [0.2, 0.25) is 0 Å². The lowest BCUT2D eigenvalue weighted by molar-refractivity contribution is 0.477. The summed E-state index contributed by atoms with van der Waals surface area (Å²) >= 11 is 6.47. The first-order valence-electron chi connectivity index (χ1n) is 10.8. The number of benzene rings is 3. The van der Waals surface area contributed by atoms with Crippen LogP contribution in [0.5, 0.6) is 5.75 Å². The summed E-state index contributed by atoms with van der Waals surface area (Å²) in [5, 5.41) is 12.9. The van der Waals surface area contributed by atoms with Crippen LogP contribution in [0.25, 0.3) is 33.5 Å². The molecular formula is C26H21ClFN3O3S. The van der Waals surface area contributed by atoms with Gasteiger partial charge in [-0.15, -0.1) is 0 Å². The van der Waals surface area contributed by atoms with Gasteiger partial charge in [0.25, 0.3) is 0 Å². The Bertz CT molecular complexity index is 1690. The standard InChI is InChI=1S/C26H21ClFN3O3S/c1-30-8-9-31(26(30)33)24-6-5-18(12-23(24)27)22-14-20(28)13-21(25(22)32)17-4-2-3-16(11-17)19-7-10-35(29,34)15-19/h2-6,8-9,11-15,29,32H,7,10H2,1H3. The molecule has 1 aliphatic rings. The van der Waals surface area contributed by atoms with Crippen molar-refractivity contribution in [1.29, 1.82) is 4.78 Å². The number of halogens is 2. The van der Waals surface area contributed by atoms with Gasteiger partial charge in [-0.1, -0.05) is 35.9 Å². The molecule has 0 spiro atoms. The Balaban J connectivity index is 1.58. The fraction of sp³-hybridized carbons (Fsp3) is 0.115. The molecule has 1 aromatic heterocycles. The summed E-state index contributed by atoms with van der Waals surface area (Å²) in [6.07, 6.45) is 3.75. The van der Waals surface area contributed by atoms with Crippen LogP contribution in [0.1, 0.15) is 12.0 Å². The van der Waals surface area contributed by atoms with Gasteiger partial charge in [-0.05, 0) is 59.0 Å². The summed E-state index contributed by atoms with van der Waals surface area (Å²) in [6.45, 7) is 0. The number of hydrogen-bond acceptors (Lipinski definition) is 4. The molecule has 0 saturated heterocycles. The normalized spacial score (nSPS) is 17.5. The minimum absolute atomic E-state index is 0.117. The zero-order valence-corrected chi connectivity index (χ0v) is 20.2. The van der Waals surface area contributed by atoms with Crippen LogP contribution in [-0.2, 0) is 16.8 Å². The van der Waals surface area contributed by atoms with E-state index in [-0.39, 0.29) is 27.8 Å². The van der Waals surface area contributed by atoms with E-state index >= 15 is 0 Å². The number of nitrogens with zero attached hydrogens (tertiary/aromatic N) is 2. The lowest BCUT2D eigenvalue weighted by atomic mass is 9.94. The second-order valence-corrected chi connectivity index (χ2v) is 11.0. The van der Waals surface area contributed by atoms with Crippen molar-refractivity contribution in [3.05, 3.63) is 99.3 Å². The predicted molar refractivity (Wildman–Crippen MR) is 137 cm³/mol. The molecule has 5 rings (SSSR count). The Morgan fingerprint density at radius 2 is 1.71 bits per heavy atom. The molecule has 35 heavy (non-hydrogen) atoms. The highest BCUT2D eigenvalue weighted by Crippen LogP contribution is 2.41. The first-order valence-corrected chi connectivity index (χ1v) is 12.9. The van der Waals surface area contributed by atoms with E-state index in [1.807, 2.05) is 6.07 Å². The van der Waals surface area contributed by atoms with E-state index in [1.165, 1.54) is 26.7 Å². The van der Waals surface area contributed by atoms with Crippen molar-refractivity contribution in [2.24, 2.45) is 7.05 Å². The molecule has 1 aliphatic heterocycles. The topological polar surface area (TPSA) is 88.1 Å². The van der Waals surface area contributed by atoms with E-state index < -0.39 is 15.5 Å². The van der Waals surface area contributed by atoms with Gasteiger partial charge >= 0.3 is 5.69 Å². The summed E-state index contributed by atoms with van der Waals surface area (Å²) < 4.78 is 37.4. The molecule has 0 radical (unpaired) electrons. The number of nitrogens with one attached hydrogen (secondary N) is 1. The maximum Gasteiger partial charge on any atom is 0.332 e. The molecule has 1 atom stereocenters. The van der Waals surface area contributed by atoms with Crippen LogP contribution in [0.3, 0.4) is 0 Å². The molecule has 3 aromatic carbocycles. The number of aryl methyl sites for hydroxylation is 1. The number of hydrogen-bond donors (Lipinski definition) is 2. The summed E-state index contributed by atoms with van der Waals surface area (Å²) in [4.78, 5) is 12.3. The van der Waals surface area contributed by atoms with Crippen molar-refractivity contribution in [3.63, 3.8) is 0 Å². The Morgan fingerprint density at radius 1 is 1.03 bits per heavy atom. The number of imidazole rings is 1. The third-order valence-corrected chi connectivity index (χ3v) is 7.87. The second kappa shape index (κ2) is 8.55. The van der Waals surface area contributed by atoms with Crippen LogP contribution >= 0.6 is 11.6 Å². The van der Waals surface area contributed by atoms with Gasteiger partial charge in [-0.25, -0.2) is 18.2 Å². The zero-order valence-electron chi connectivity index (χ0n) is 18.7. The van der Waals surface area contributed by atoms with Gasteiger partial charge in [0.05, 0.1) is 20.4 Å². The van der Waals surface area contributed by atoms with Crippen molar-refractivity contribution in [1.82, 2.24) is 9.13 Å². The molecule has 178 valence electrons. The van der Waals surface area contributed by atoms with Crippen molar-refractivity contribution in [2.45, 2.75) is 6.42 Å². The van der Waals surface area contributed by atoms with Gasteiger partial charge in [-0.2, -0.15) is 0 Å². The lowest BCUT2D eigenvalue weighted by Crippen LogP contribution is -2.20. The molecule has 2 N–H and O–H groups in total. The number of rotatable bonds is 4. The molecule has 6 nitrogen and oxygen atoms in total. The van der Waals surface area contributed by atoms with Crippen molar-refractivity contribution >= 4 is 26.9 Å². The Morgan fingerprint density at radius 3 is 2.31 bits per heavy atom. The van der Waals surface area contributed by atoms with Crippen LogP contribution < -0.4 is 5.69 Å². The molecule has 1 unspecified atom stereocenters. The minimum atomic E-state index is -2.71. The summed E-state index contributed by atoms with van der Waals surface area (Å²) in [7, 11) is -1.08. The van der Waals surface area contributed by atoms with Gasteiger partial charge in [-0.3, -0.25) is 4.57 Å². The van der Waals surface area contributed by atoms with Crippen molar-refractivity contribution in [3.8, 4) is 33.7 Å². The lowest BCUT2D eigenvalue weighted by Gasteiger charge is -2.14. The van der Waals surface area contributed by atoms with Gasteiger partial charge in [0, 0.05) is 41.7 Å². The van der Waals surface area contributed by atoms with E-state index in [0.717, 1.165) is 11.1 Å². The minimum Gasteiger partial charge on any atom is -0.507 e. The van der Waals surface area contributed by atoms with Crippen LogP contribution in [0, 0.1) is 10.6 Å². The summed E-state index contributed by atoms with van der Waals surface area (Å²) in [5.41, 5.74) is 3.44. The maximum absolute atomic E-state index is 14.7. The summed E-state index contributed by atoms with van der Waals surface area (Å²) in [6, 6.07) is 14.6. The number of aromatic nitrogens is 2. The second-order valence-electron chi connectivity index (χ2n) is 8.48. The largest absolute Gasteiger partial charge is 0.507 e. The maximum atomic E-state index is 14.7. The smallest absolute Gasteiger partial charge is 0.332 e. The Hall–Kier alpha value is -3.62. The predicted octanol–water partition coefficient (Wildman–Crippen LogP) is 5.80. The Labute approximate surface area is 206 Å². The van der Waals surface area contributed by atoms with E-state index in [0.29, 0.717) is 28.8 Å². The number of phenolic OH excluding ortho intramolecular Hbond substituents is 1. The summed E-state index contributed by atoms with van der Waals surface area (Å²) in [5.74, 6) is -0.366. The quantitative estimate of drug-likeness (QED) is 0.364. The SMILES string of the molecule is Cn1ccn(-c2ccc(-c3cc(F)cc(-c4cccc(C5=CS(=N)(=O)CC5)c4)c3O)cc2Cl)c1=O. The highest BCUT2D eigenvalue weighted by molar-refractivity contribution is 7.95. The molecule has 0 fully saturated rings. The highest BCUT2D eigenvalue weighted by atomic mass is 35.5. The highest BCUT2D eigenvalue weighted by Gasteiger charge is 2.19. The zero-order chi connectivity index (χ0) is 24.9. The molecule has 0 amide bonds. The van der Waals surface area contributed by atoms with E-state index in [4.69, 9.17) is 16.4 Å². The van der Waals surface area contributed by atoms with E-state index in [1.54, 1.807) is 55.8 Å². The molecule has 9 heteroatoms. The first-order chi connectivity index (χ1) is 16.6. The van der Waals surface area contributed by atoms with Gasteiger partial charge in [0.15, 0.2) is 0 Å². The molecule has 4 aromatic rings. The van der Waals surface area contributed by atoms with E-state index in [9.17, 15) is 18.5 Å². The van der Waals surface area contributed by atoms with Crippen LogP contribution in [0.15, 0.2) is 77.2 Å². The van der Waals surface area contributed by atoms with Crippen molar-refractivity contribution < 1.29 is 13.7 Å². The molecule has 0 aliphatic carbocycles. The molecule has 0 saturated carbocycles. The number of phenols is 1. The van der Waals surface area contributed by atoms with Crippen LogP contribution in [-0.4, -0.2) is 24.2 Å². The third kappa shape index (κ3) is 4.31. The van der Waals surface area contributed by atoms with Crippen LogP contribution in [0.2, 0.25) is 5.02 Å². The molecular weight excluding hydrogens is 489 g/mol. The third-order valence-electron chi connectivity index (χ3n) is 6.09. The molecule has 0 bridgehead atoms. The number of allylic oxidation sites excluding steroid dienone is 1. The molecule has 2 heterocycles. The average molecular weight is 510 g/mol.